The molecule has 0 aliphatic rings. The van der Waals surface area contributed by atoms with Crippen molar-refractivity contribution < 1.29 is 9.47 Å². The molecule has 0 aliphatic heterocycles. The second-order valence-electron chi connectivity index (χ2n) is 13.4. The minimum absolute atomic E-state index is 0.792. The minimum Gasteiger partial charge on any atom is -0.494 e. The van der Waals surface area contributed by atoms with Gasteiger partial charge in [-0.2, -0.15) is 0 Å². The van der Waals surface area contributed by atoms with E-state index < -0.39 is 0 Å². The molecule has 0 saturated carbocycles. The molecule has 50 heavy (non-hydrogen) atoms. The molecule has 0 N–H and O–H groups in total. The summed E-state index contributed by atoms with van der Waals surface area (Å²) in [6.07, 6.45) is 21.0. The van der Waals surface area contributed by atoms with E-state index in [1.54, 1.807) is 0 Å². The summed E-state index contributed by atoms with van der Waals surface area (Å²) in [4.78, 5) is 0. The zero-order valence-electron chi connectivity index (χ0n) is 30.8. The second kappa shape index (κ2) is 23.9. The molecule has 262 valence electrons. The van der Waals surface area contributed by atoms with Gasteiger partial charge in [-0.15, -0.1) is 0 Å². The zero-order chi connectivity index (χ0) is 34.9. The summed E-state index contributed by atoms with van der Waals surface area (Å²) in [5.74, 6) is 14.2. The summed E-state index contributed by atoms with van der Waals surface area (Å²) in [6, 6.07) is 33.5. The first-order valence-corrected chi connectivity index (χ1v) is 19.4. The topological polar surface area (TPSA) is 18.5 Å². The first kappa shape index (κ1) is 38.4. The summed E-state index contributed by atoms with van der Waals surface area (Å²) in [5, 5.41) is 0. The van der Waals surface area contributed by atoms with Crippen LogP contribution in [0.15, 0.2) is 97.1 Å². The summed E-state index contributed by atoms with van der Waals surface area (Å²) in [6.45, 7) is 6.12. The molecule has 0 aromatic heterocycles. The Morgan fingerprint density at radius 3 is 0.940 bits per heavy atom. The minimum atomic E-state index is 0.792. The van der Waals surface area contributed by atoms with Gasteiger partial charge in [0.2, 0.25) is 0 Å². The van der Waals surface area contributed by atoms with Gasteiger partial charge in [0.05, 0.1) is 13.2 Å². The number of hydrogen-bond acceptors (Lipinski definition) is 2. The van der Waals surface area contributed by atoms with Crippen LogP contribution in [0.25, 0.3) is 22.3 Å². The van der Waals surface area contributed by atoms with Crippen molar-refractivity contribution >= 4 is 0 Å². The quantitative estimate of drug-likeness (QED) is 0.0614. The van der Waals surface area contributed by atoms with E-state index in [2.05, 4.69) is 135 Å². The van der Waals surface area contributed by atoms with Gasteiger partial charge in [0, 0.05) is 11.1 Å². The molecular formula is C48H58O2. The lowest BCUT2D eigenvalue weighted by Crippen LogP contribution is -1.97. The average Bonchev–Trinajstić information content (AvgIpc) is 3.16. The van der Waals surface area contributed by atoms with Crippen molar-refractivity contribution in [2.24, 2.45) is 0 Å². The maximum Gasteiger partial charge on any atom is 0.119 e. The first-order valence-electron chi connectivity index (χ1n) is 19.4. The van der Waals surface area contributed by atoms with Gasteiger partial charge >= 0.3 is 0 Å². The molecule has 0 fully saturated rings. The highest BCUT2D eigenvalue weighted by Gasteiger charge is 2.02. The van der Waals surface area contributed by atoms with Crippen LogP contribution in [0.3, 0.4) is 0 Å². The van der Waals surface area contributed by atoms with E-state index in [9.17, 15) is 0 Å². The Morgan fingerprint density at radius 1 is 0.340 bits per heavy atom. The lowest BCUT2D eigenvalue weighted by Gasteiger charge is -2.08. The summed E-state index contributed by atoms with van der Waals surface area (Å²) >= 11 is 0. The van der Waals surface area contributed by atoms with E-state index in [1.807, 2.05) is 0 Å². The largest absolute Gasteiger partial charge is 0.494 e. The molecule has 0 radical (unpaired) electrons. The summed E-state index contributed by atoms with van der Waals surface area (Å²) < 4.78 is 11.9. The van der Waals surface area contributed by atoms with Crippen LogP contribution in [-0.4, -0.2) is 13.2 Å². The molecule has 0 amide bonds. The van der Waals surface area contributed by atoms with Gasteiger partial charge in [-0.1, -0.05) is 164 Å². The Bertz CT molecular complexity index is 1470. The number of ether oxygens (including phenoxy) is 2. The Balaban J connectivity index is 1.15. The molecule has 4 aromatic rings. The van der Waals surface area contributed by atoms with E-state index in [0.717, 1.165) is 59.8 Å². The molecule has 2 heteroatoms. The predicted octanol–water partition coefficient (Wildman–Crippen LogP) is 13.5. The van der Waals surface area contributed by atoms with Crippen LogP contribution >= 0.6 is 0 Å². The van der Waals surface area contributed by atoms with Crippen molar-refractivity contribution in [2.45, 2.75) is 117 Å². The highest BCUT2D eigenvalue weighted by Crippen LogP contribution is 2.24. The maximum atomic E-state index is 5.97. The van der Waals surface area contributed by atoms with E-state index in [4.69, 9.17) is 9.47 Å². The molecule has 2 nitrogen and oxygen atoms in total. The molecule has 0 unspecified atom stereocenters. The monoisotopic (exact) mass is 666 g/mol. The predicted molar refractivity (Wildman–Crippen MR) is 214 cm³/mol. The van der Waals surface area contributed by atoms with Crippen LogP contribution in [-0.2, 0) is 0 Å². The van der Waals surface area contributed by atoms with Gasteiger partial charge < -0.3 is 9.47 Å². The summed E-state index contributed by atoms with van der Waals surface area (Å²) in [5.41, 5.74) is 6.58. The molecule has 0 aliphatic carbocycles. The van der Waals surface area contributed by atoms with E-state index in [1.165, 1.54) is 101 Å². The molecule has 0 bridgehead atoms. The number of unbranched alkanes of at least 4 members (excludes halogenated alkanes) is 14. The third kappa shape index (κ3) is 15.0. The van der Waals surface area contributed by atoms with Crippen molar-refractivity contribution in [3.05, 3.63) is 108 Å². The van der Waals surface area contributed by atoms with E-state index in [-0.39, 0.29) is 0 Å². The van der Waals surface area contributed by atoms with Gasteiger partial charge in [0.15, 0.2) is 0 Å². The average molecular weight is 667 g/mol. The van der Waals surface area contributed by atoms with Gasteiger partial charge in [-0.3, -0.25) is 0 Å². The molecule has 4 rings (SSSR count). The van der Waals surface area contributed by atoms with E-state index >= 15 is 0 Å². The highest BCUT2D eigenvalue weighted by molar-refractivity contribution is 5.66. The first-order chi connectivity index (χ1) is 24.7. The van der Waals surface area contributed by atoms with Crippen molar-refractivity contribution in [1.82, 2.24) is 0 Å². The number of rotatable bonds is 22. The lowest BCUT2D eigenvalue weighted by atomic mass is 10.0. The SMILES string of the molecule is CCCCCCCCCCOc1ccc(-c2ccc(C#CC#Cc3ccc(-c4ccc(OCCCCCCCCCC)cc4)cc3)cc2)cc1. The van der Waals surface area contributed by atoms with Crippen LogP contribution in [0.1, 0.15) is 128 Å². The fraction of sp³-hybridized carbons (Fsp3) is 0.417. The maximum absolute atomic E-state index is 5.97. The van der Waals surface area contributed by atoms with Gasteiger partial charge in [0.1, 0.15) is 11.5 Å². The van der Waals surface area contributed by atoms with Gasteiger partial charge in [0.25, 0.3) is 0 Å². The van der Waals surface area contributed by atoms with Crippen LogP contribution in [0.2, 0.25) is 0 Å². The number of benzene rings is 4. The second-order valence-corrected chi connectivity index (χ2v) is 13.4. The third-order valence-corrected chi connectivity index (χ3v) is 9.15. The highest BCUT2D eigenvalue weighted by atomic mass is 16.5. The van der Waals surface area contributed by atoms with E-state index in [0.29, 0.717) is 0 Å². The molecule has 0 heterocycles. The van der Waals surface area contributed by atoms with Crippen molar-refractivity contribution in [1.29, 1.82) is 0 Å². The van der Waals surface area contributed by atoms with Crippen molar-refractivity contribution in [2.75, 3.05) is 13.2 Å². The molecule has 0 saturated heterocycles. The normalized spacial score (nSPS) is 10.5. The molecule has 0 atom stereocenters. The van der Waals surface area contributed by atoms with Gasteiger partial charge in [-0.05, 0) is 95.5 Å². The fourth-order valence-corrected chi connectivity index (χ4v) is 6.04. The smallest absolute Gasteiger partial charge is 0.119 e. The third-order valence-electron chi connectivity index (χ3n) is 9.15. The van der Waals surface area contributed by atoms with Crippen molar-refractivity contribution in [3.8, 4) is 57.4 Å². The van der Waals surface area contributed by atoms with Crippen LogP contribution in [0, 0.1) is 23.7 Å². The Morgan fingerprint density at radius 2 is 0.620 bits per heavy atom. The molecule has 4 aromatic carbocycles. The van der Waals surface area contributed by atoms with Crippen molar-refractivity contribution in [3.63, 3.8) is 0 Å². The standard InChI is InChI=1S/C48H58O2/c1-3-5-7-9-11-13-15-19-39-49-47-35-31-45(32-36-47)43-27-23-41(24-28-43)21-17-18-22-42-25-29-44(30-26-42)46-33-37-48(38-34-46)50-40-20-16-14-12-10-8-6-4-2/h23-38H,3-16,19-20,39-40H2,1-2H3. The Labute approximate surface area is 304 Å². The zero-order valence-corrected chi connectivity index (χ0v) is 30.8. The van der Waals surface area contributed by atoms with Crippen LogP contribution in [0.4, 0.5) is 0 Å². The van der Waals surface area contributed by atoms with Gasteiger partial charge in [-0.25, -0.2) is 0 Å². The lowest BCUT2D eigenvalue weighted by molar-refractivity contribution is 0.304. The van der Waals surface area contributed by atoms with Crippen LogP contribution < -0.4 is 9.47 Å². The molecule has 0 spiro atoms. The summed E-state index contributed by atoms with van der Waals surface area (Å²) in [7, 11) is 0. The Hall–Kier alpha value is -4.40. The molecular weight excluding hydrogens is 609 g/mol. The fourth-order valence-electron chi connectivity index (χ4n) is 6.04. The Kier molecular flexibility index (Phi) is 18.3. The van der Waals surface area contributed by atoms with Crippen LogP contribution in [0.5, 0.6) is 11.5 Å². The number of hydrogen-bond donors (Lipinski definition) is 0.